The summed E-state index contributed by atoms with van der Waals surface area (Å²) in [6.45, 7) is 0.541. The van der Waals surface area contributed by atoms with Gasteiger partial charge in [0.25, 0.3) is 5.91 Å². The Labute approximate surface area is 131 Å². The molecular weight excluding hydrogens is 300 g/mol. The molecule has 3 aromatic rings. The van der Waals surface area contributed by atoms with Crippen LogP contribution >= 0.6 is 11.3 Å². The van der Waals surface area contributed by atoms with Crippen LogP contribution in [0.2, 0.25) is 0 Å². The molecule has 0 aromatic carbocycles. The van der Waals surface area contributed by atoms with Gasteiger partial charge in [-0.2, -0.15) is 0 Å². The minimum absolute atomic E-state index is 0.170. The smallest absolute Gasteiger partial charge is 0.290 e. The van der Waals surface area contributed by atoms with Gasteiger partial charge in [-0.05, 0) is 25.7 Å². The maximum atomic E-state index is 12.2. The third-order valence-corrected chi connectivity index (χ3v) is 4.75. The molecule has 0 atom stereocenters. The number of aromatic nitrogens is 3. The van der Waals surface area contributed by atoms with E-state index in [0.29, 0.717) is 18.7 Å². The van der Waals surface area contributed by atoms with Gasteiger partial charge in [0.05, 0.1) is 11.4 Å². The molecule has 0 spiro atoms. The lowest BCUT2D eigenvalue weighted by atomic mass is 9.96. The Hall–Kier alpha value is -2.15. The van der Waals surface area contributed by atoms with Crippen molar-refractivity contribution in [2.75, 3.05) is 6.54 Å². The van der Waals surface area contributed by atoms with Gasteiger partial charge in [0.1, 0.15) is 0 Å². The number of nitrogens with zero attached hydrogens (tertiary/aromatic N) is 3. The number of rotatable bonds is 4. The Morgan fingerprint density at radius 2 is 2.32 bits per heavy atom. The number of thiazole rings is 1. The van der Waals surface area contributed by atoms with Crippen LogP contribution in [0.25, 0.3) is 4.96 Å². The molecule has 0 unspecified atom stereocenters. The van der Waals surface area contributed by atoms with Crippen molar-refractivity contribution in [3.63, 3.8) is 0 Å². The number of aryl methyl sites for hydroxylation is 1. The number of carbonyl (C=O) groups is 1. The minimum Gasteiger partial charge on any atom is -0.350 e. The normalized spacial score (nSPS) is 14.2. The summed E-state index contributed by atoms with van der Waals surface area (Å²) >= 11 is 1.60. The molecule has 1 aliphatic rings. The SMILES string of the molecule is O=C(NCCc1cn2ccsc2n1)c1onc2c1CCCC2. The lowest BCUT2D eigenvalue weighted by Crippen LogP contribution is -2.26. The van der Waals surface area contributed by atoms with Crippen LogP contribution in [0.5, 0.6) is 0 Å². The fourth-order valence-corrected chi connectivity index (χ4v) is 3.57. The molecule has 22 heavy (non-hydrogen) atoms. The highest BCUT2D eigenvalue weighted by Crippen LogP contribution is 2.23. The first-order valence-electron chi connectivity index (χ1n) is 7.48. The third-order valence-electron chi connectivity index (χ3n) is 3.98. The third kappa shape index (κ3) is 2.41. The molecule has 1 N–H and O–H groups in total. The summed E-state index contributed by atoms with van der Waals surface area (Å²) in [5.74, 6) is 0.220. The molecule has 0 aliphatic heterocycles. The van der Waals surface area contributed by atoms with Crippen LogP contribution < -0.4 is 5.32 Å². The van der Waals surface area contributed by atoms with Crippen molar-refractivity contribution in [1.82, 2.24) is 19.9 Å². The highest BCUT2D eigenvalue weighted by molar-refractivity contribution is 7.15. The van der Waals surface area contributed by atoms with Gasteiger partial charge in [-0.15, -0.1) is 11.3 Å². The Kier molecular flexibility index (Phi) is 3.42. The van der Waals surface area contributed by atoms with E-state index >= 15 is 0 Å². The summed E-state index contributed by atoms with van der Waals surface area (Å²) in [6, 6.07) is 0. The molecule has 0 saturated heterocycles. The van der Waals surface area contributed by atoms with Crippen LogP contribution in [0.4, 0.5) is 0 Å². The number of nitrogens with one attached hydrogen (secondary N) is 1. The first-order chi connectivity index (χ1) is 10.8. The standard InChI is InChI=1S/C15H16N4O2S/c20-14(13-11-3-1-2-4-12(11)18-21-13)16-6-5-10-9-19-7-8-22-15(19)17-10/h7-9H,1-6H2,(H,16,20). The summed E-state index contributed by atoms with van der Waals surface area (Å²) in [4.78, 5) is 17.7. The van der Waals surface area contributed by atoms with Gasteiger partial charge in [0, 0.05) is 36.3 Å². The first-order valence-corrected chi connectivity index (χ1v) is 8.36. The summed E-state index contributed by atoms with van der Waals surface area (Å²) in [5.41, 5.74) is 2.92. The Morgan fingerprint density at radius 3 is 3.23 bits per heavy atom. The fourth-order valence-electron chi connectivity index (χ4n) is 2.85. The van der Waals surface area contributed by atoms with Crippen LogP contribution in [-0.4, -0.2) is 27.0 Å². The van der Waals surface area contributed by atoms with E-state index in [2.05, 4.69) is 15.5 Å². The van der Waals surface area contributed by atoms with E-state index in [-0.39, 0.29) is 5.91 Å². The van der Waals surface area contributed by atoms with Crippen molar-refractivity contribution in [2.45, 2.75) is 32.1 Å². The van der Waals surface area contributed by atoms with E-state index < -0.39 is 0 Å². The second kappa shape index (κ2) is 5.57. The van der Waals surface area contributed by atoms with Gasteiger partial charge in [0.15, 0.2) is 4.96 Å². The van der Waals surface area contributed by atoms with Crippen molar-refractivity contribution >= 4 is 22.2 Å². The van der Waals surface area contributed by atoms with Crippen molar-refractivity contribution in [2.24, 2.45) is 0 Å². The van der Waals surface area contributed by atoms with Gasteiger partial charge < -0.3 is 9.84 Å². The number of hydrogen-bond acceptors (Lipinski definition) is 5. The van der Waals surface area contributed by atoms with Gasteiger partial charge in [-0.25, -0.2) is 4.98 Å². The zero-order chi connectivity index (χ0) is 14.9. The Bertz CT molecular complexity index is 788. The van der Waals surface area contributed by atoms with E-state index in [0.717, 1.165) is 47.6 Å². The molecule has 4 rings (SSSR count). The van der Waals surface area contributed by atoms with Gasteiger partial charge >= 0.3 is 0 Å². The molecule has 1 amide bonds. The Morgan fingerprint density at radius 1 is 1.41 bits per heavy atom. The van der Waals surface area contributed by atoms with E-state index in [1.54, 1.807) is 11.3 Å². The molecule has 0 fully saturated rings. The van der Waals surface area contributed by atoms with Crippen LogP contribution in [0.1, 0.15) is 40.3 Å². The quantitative estimate of drug-likeness (QED) is 0.801. The Balaban J connectivity index is 1.38. The summed E-state index contributed by atoms with van der Waals surface area (Å²) in [7, 11) is 0. The largest absolute Gasteiger partial charge is 0.350 e. The zero-order valence-corrected chi connectivity index (χ0v) is 12.9. The number of imidazole rings is 1. The number of carbonyl (C=O) groups excluding carboxylic acids is 1. The van der Waals surface area contributed by atoms with Crippen LogP contribution in [0, 0.1) is 0 Å². The molecule has 7 heteroatoms. The lowest BCUT2D eigenvalue weighted by molar-refractivity contribution is 0.0916. The van der Waals surface area contributed by atoms with Gasteiger partial charge in [0.2, 0.25) is 5.76 Å². The fraction of sp³-hybridized carbons (Fsp3) is 0.400. The van der Waals surface area contributed by atoms with Crippen LogP contribution in [-0.2, 0) is 19.3 Å². The van der Waals surface area contributed by atoms with Crippen molar-refractivity contribution < 1.29 is 9.32 Å². The second-order valence-corrected chi connectivity index (χ2v) is 6.35. The maximum Gasteiger partial charge on any atom is 0.290 e. The second-order valence-electron chi connectivity index (χ2n) is 5.48. The first kappa shape index (κ1) is 13.5. The summed E-state index contributed by atoms with van der Waals surface area (Å²) in [5, 5.41) is 8.92. The topological polar surface area (TPSA) is 72.4 Å². The maximum absolute atomic E-state index is 12.2. The molecule has 3 heterocycles. The van der Waals surface area contributed by atoms with Crippen molar-refractivity contribution in [3.05, 3.63) is 40.5 Å². The van der Waals surface area contributed by atoms with Crippen molar-refractivity contribution in [1.29, 1.82) is 0 Å². The summed E-state index contributed by atoms with van der Waals surface area (Å²) in [6.07, 6.45) is 8.70. The highest BCUT2D eigenvalue weighted by atomic mass is 32.1. The molecule has 1 aliphatic carbocycles. The van der Waals surface area contributed by atoms with Crippen LogP contribution in [0.3, 0.4) is 0 Å². The molecule has 0 radical (unpaired) electrons. The molecule has 114 valence electrons. The van der Waals surface area contributed by atoms with E-state index in [1.807, 2.05) is 22.2 Å². The molecule has 3 aromatic heterocycles. The molecule has 0 bridgehead atoms. The molecule has 0 saturated carbocycles. The van der Waals surface area contributed by atoms with E-state index in [9.17, 15) is 4.79 Å². The van der Waals surface area contributed by atoms with Crippen LogP contribution in [0.15, 0.2) is 22.3 Å². The monoisotopic (exact) mass is 316 g/mol. The number of fused-ring (bicyclic) bond motifs is 2. The predicted molar refractivity (Wildman–Crippen MR) is 82.3 cm³/mol. The zero-order valence-electron chi connectivity index (χ0n) is 12.0. The minimum atomic E-state index is -0.170. The number of hydrogen-bond donors (Lipinski definition) is 1. The highest BCUT2D eigenvalue weighted by Gasteiger charge is 2.23. The lowest BCUT2D eigenvalue weighted by Gasteiger charge is -2.09. The van der Waals surface area contributed by atoms with Gasteiger partial charge in [-0.3, -0.25) is 9.20 Å². The van der Waals surface area contributed by atoms with E-state index in [4.69, 9.17) is 4.52 Å². The molecule has 6 nitrogen and oxygen atoms in total. The average Bonchev–Trinajstić information content (AvgIpc) is 3.20. The van der Waals surface area contributed by atoms with E-state index in [1.165, 1.54) is 0 Å². The predicted octanol–water partition coefficient (Wildman–Crippen LogP) is 2.24. The number of amides is 1. The average molecular weight is 316 g/mol. The summed E-state index contributed by atoms with van der Waals surface area (Å²) < 4.78 is 7.23. The van der Waals surface area contributed by atoms with Crippen molar-refractivity contribution in [3.8, 4) is 0 Å². The molecular formula is C15H16N4O2S. The van der Waals surface area contributed by atoms with Gasteiger partial charge in [-0.1, -0.05) is 5.16 Å².